The quantitative estimate of drug-likeness (QED) is 0.349. The van der Waals surface area contributed by atoms with Gasteiger partial charge in [0.1, 0.15) is 17.0 Å². The average molecular weight is 487 g/mol. The number of nitrogens with zero attached hydrogens (tertiary/aromatic N) is 6. The molecule has 0 aliphatic carbocycles. The smallest absolute Gasteiger partial charge is 0.270 e. The van der Waals surface area contributed by atoms with Gasteiger partial charge in [-0.15, -0.1) is 0 Å². The second-order valence-corrected chi connectivity index (χ2v) is 9.33. The van der Waals surface area contributed by atoms with Crippen molar-refractivity contribution in [1.29, 1.82) is 0 Å². The Balaban J connectivity index is 1.57. The first-order valence-corrected chi connectivity index (χ1v) is 11.9. The highest BCUT2D eigenvalue weighted by molar-refractivity contribution is 7.99. The van der Waals surface area contributed by atoms with Crippen LogP contribution in [0.3, 0.4) is 0 Å². The third-order valence-electron chi connectivity index (χ3n) is 5.69. The highest BCUT2D eigenvalue weighted by Gasteiger charge is 2.26. The van der Waals surface area contributed by atoms with Gasteiger partial charge >= 0.3 is 0 Å². The Labute approximate surface area is 198 Å². The van der Waals surface area contributed by atoms with E-state index in [1.807, 2.05) is 13.0 Å². The Bertz CT molecular complexity index is 1400. The number of hydrogen-bond donors (Lipinski definition) is 3. The van der Waals surface area contributed by atoms with Crippen LogP contribution >= 0.6 is 23.4 Å². The van der Waals surface area contributed by atoms with Crippen molar-refractivity contribution in [2.24, 2.45) is 5.73 Å². The van der Waals surface area contributed by atoms with Crippen molar-refractivity contribution in [3.63, 3.8) is 0 Å². The van der Waals surface area contributed by atoms with E-state index in [-0.39, 0.29) is 24.8 Å². The number of aryl methyl sites for hydroxylation is 1. The lowest BCUT2D eigenvalue weighted by atomic mass is 10.3. The minimum absolute atomic E-state index is 0.0989. The predicted octanol–water partition coefficient (Wildman–Crippen LogP) is 1.96. The molecule has 172 valence electrons. The van der Waals surface area contributed by atoms with Gasteiger partial charge in [-0.05, 0) is 30.7 Å². The van der Waals surface area contributed by atoms with Crippen LogP contribution in [0.15, 0.2) is 33.3 Å². The third-order valence-corrected chi connectivity index (χ3v) is 6.93. The summed E-state index contributed by atoms with van der Waals surface area (Å²) in [7, 11) is 0. The van der Waals surface area contributed by atoms with Crippen LogP contribution in [0.25, 0.3) is 22.2 Å². The van der Waals surface area contributed by atoms with Crippen molar-refractivity contribution in [2.45, 2.75) is 42.4 Å². The van der Waals surface area contributed by atoms with Gasteiger partial charge in [0.25, 0.3) is 5.56 Å². The van der Waals surface area contributed by atoms with Crippen LogP contribution in [0.5, 0.6) is 0 Å². The fourth-order valence-electron chi connectivity index (χ4n) is 4.07. The number of pyridine rings is 1. The lowest BCUT2D eigenvalue weighted by molar-refractivity contribution is 0.276. The molecule has 1 aliphatic heterocycles. The molecule has 1 unspecified atom stereocenters. The molecule has 0 amide bonds. The maximum atomic E-state index is 12.1. The molecular formula is C21H23ClN8O2S. The molecule has 0 spiro atoms. The molecule has 4 aromatic heterocycles. The van der Waals surface area contributed by atoms with E-state index >= 15 is 0 Å². The zero-order valence-corrected chi connectivity index (χ0v) is 19.5. The fourth-order valence-corrected chi connectivity index (χ4v) is 5.19. The number of aromatic amines is 1. The number of aliphatic hydroxyl groups is 1. The van der Waals surface area contributed by atoms with E-state index in [1.54, 1.807) is 6.20 Å². The van der Waals surface area contributed by atoms with Gasteiger partial charge in [-0.3, -0.25) is 9.36 Å². The van der Waals surface area contributed by atoms with Crippen LogP contribution in [-0.2, 0) is 13.0 Å². The lowest BCUT2D eigenvalue weighted by Crippen LogP contribution is -2.27. The number of aliphatic hydroxyl groups excluding tert-OH is 1. The number of rotatable bonds is 6. The zero-order chi connectivity index (χ0) is 23.1. The zero-order valence-electron chi connectivity index (χ0n) is 18.0. The van der Waals surface area contributed by atoms with Gasteiger partial charge in [0.2, 0.25) is 0 Å². The van der Waals surface area contributed by atoms with Gasteiger partial charge in [0.15, 0.2) is 10.8 Å². The van der Waals surface area contributed by atoms with E-state index in [0.29, 0.717) is 33.5 Å². The number of aromatic nitrogens is 6. The van der Waals surface area contributed by atoms with E-state index in [0.717, 1.165) is 41.2 Å². The number of H-pyrrole nitrogens is 1. The van der Waals surface area contributed by atoms with E-state index in [1.165, 1.54) is 22.5 Å². The summed E-state index contributed by atoms with van der Waals surface area (Å²) in [5.41, 5.74) is 8.43. The Morgan fingerprint density at radius 2 is 2.18 bits per heavy atom. The first-order chi connectivity index (χ1) is 16.0. The Hall–Kier alpha value is -2.73. The lowest BCUT2D eigenvalue weighted by Gasteiger charge is -2.18. The maximum absolute atomic E-state index is 12.1. The molecule has 0 radical (unpaired) electrons. The van der Waals surface area contributed by atoms with Gasteiger partial charge in [-0.25, -0.2) is 19.9 Å². The summed E-state index contributed by atoms with van der Waals surface area (Å²) in [6.45, 7) is 3.56. The molecule has 0 bridgehead atoms. The normalized spacial score (nSPS) is 16.4. The molecule has 1 saturated heterocycles. The predicted molar refractivity (Wildman–Crippen MR) is 128 cm³/mol. The highest BCUT2D eigenvalue weighted by Crippen LogP contribution is 2.37. The second kappa shape index (κ2) is 8.90. The van der Waals surface area contributed by atoms with Crippen LogP contribution in [-0.4, -0.2) is 60.3 Å². The summed E-state index contributed by atoms with van der Waals surface area (Å²) in [5.74, 6) is 0.778. The van der Waals surface area contributed by atoms with Crippen LogP contribution in [0, 0.1) is 0 Å². The monoisotopic (exact) mass is 486 g/mol. The van der Waals surface area contributed by atoms with Crippen molar-refractivity contribution in [3.05, 3.63) is 39.5 Å². The van der Waals surface area contributed by atoms with Crippen molar-refractivity contribution in [2.75, 3.05) is 24.6 Å². The number of hydrogen-bond acceptors (Lipinski definition) is 9. The number of anilines is 1. The number of nitrogens with one attached hydrogen (secondary N) is 1. The molecule has 5 rings (SSSR count). The molecular weight excluding hydrogens is 464 g/mol. The Morgan fingerprint density at radius 3 is 2.91 bits per heavy atom. The van der Waals surface area contributed by atoms with Crippen LogP contribution in [0.1, 0.15) is 19.0 Å². The van der Waals surface area contributed by atoms with Crippen molar-refractivity contribution < 1.29 is 5.11 Å². The standard InChI is InChI=1S/C21H23ClN8O2S/c1-2-13-17(22)16-18(26-13)27-21(28-20(16)29-4-3-11(23)10-29)33-12-7-14-19(25-8-12)30(5-6-31)15(32)9-24-14/h7-9,11,31H,2-6,10,23H2,1H3,(H,26,27,28). The Morgan fingerprint density at radius 1 is 1.33 bits per heavy atom. The molecule has 10 nitrogen and oxygen atoms in total. The summed E-state index contributed by atoms with van der Waals surface area (Å²) in [6.07, 6.45) is 4.54. The summed E-state index contributed by atoms with van der Waals surface area (Å²) in [6, 6.07) is 1.93. The van der Waals surface area contributed by atoms with Crippen LogP contribution in [0.2, 0.25) is 5.02 Å². The minimum Gasteiger partial charge on any atom is -0.395 e. The van der Waals surface area contributed by atoms with Gasteiger partial charge < -0.3 is 20.7 Å². The fraction of sp³-hybridized carbons (Fsp3) is 0.381. The number of halogens is 1. The molecule has 12 heteroatoms. The van der Waals surface area contributed by atoms with Crippen molar-refractivity contribution >= 4 is 51.4 Å². The van der Waals surface area contributed by atoms with E-state index in [4.69, 9.17) is 27.3 Å². The molecule has 1 fully saturated rings. The summed E-state index contributed by atoms with van der Waals surface area (Å²) in [4.78, 5) is 36.5. The minimum atomic E-state index is -0.304. The first kappa shape index (κ1) is 22.1. The van der Waals surface area contributed by atoms with Gasteiger partial charge in [-0.1, -0.05) is 18.5 Å². The molecule has 1 atom stereocenters. The van der Waals surface area contributed by atoms with Gasteiger partial charge in [0.05, 0.1) is 29.8 Å². The SMILES string of the molecule is CCc1[nH]c2nc(Sc3cnc4c(c3)ncc(=O)n4CCO)nc(N3CCC(N)C3)c2c1Cl. The van der Waals surface area contributed by atoms with Crippen molar-refractivity contribution in [1.82, 2.24) is 29.5 Å². The number of fused-ring (bicyclic) bond motifs is 2. The van der Waals surface area contributed by atoms with Crippen molar-refractivity contribution in [3.8, 4) is 0 Å². The third kappa shape index (κ3) is 4.05. The molecule has 5 heterocycles. The summed E-state index contributed by atoms with van der Waals surface area (Å²) >= 11 is 8.02. The van der Waals surface area contributed by atoms with Crippen LogP contribution < -0.4 is 16.2 Å². The highest BCUT2D eigenvalue weighted by atomic mass is 35.5. The van der Waals surface area contributed by atoms with Gasteiger partial charge in [0, 0.05) is 35.9 Å². The number of nitrogens with two attached hydrogens (primary N) is 1. The molecule has 4 N–H and O–H groups in total. The molecule has 0 aromatic carbocycles. The summed E-state index contributed by atoms with van der Waals surface area (Å²) < 4.78 is 1.40. The first-order valence-electron chi connectivity index (χ1n) is 10.7. The Kier molecular flexibility index (Phi) is 5.95. The van der Waals surface area contributed by atoms with Crippen LogP contribution in [0.4, 0.5) is 5.82 Å². The van der Waals surface area contributed by atoms with E-state index in [9.17, 15) is 9.90 Å². The topological polar surface area (TPSA) is 139 Å². The van der Waals surface area contributed by atoms with E-state index < -0.39 is 0 Å². The molecule has 0 saturated carbocycles. The molecule has 4 aromatic rings. The average Bonchev–Trinajstić information content (AvgIpc) is 3.38. The maximum Gasteiger partial charge on any atom is 0.270 e. The largest absolute Gasteiger partial charge is 0.395 e. The second-order valence-electron chi connectivity index (χ2n) is 7.91. The van der Waals surface area contributed by atoms with Gasteiger partial charge in [-0.2, -0.15) is 0 Å². The molecule has 33 heavy (non-hydrogen) atoms. The molecule has 1 aliphatic rings. The summed E-state index contributed by atoms with van der Waals surface area (Å²) in [5, 5.41) is 11.3. The van der Waals surface area contributed by atoms with E-state index in [2.05, 4.69) is 19.9 Å².